The van der Waals surface area contributed by atoms with E-state index in [1.807, 2.05) is 48.5 Å². The van der Waals surface area contributed by atoms with Crippen LogP contribution in [-0.4, -0.2) is 25.1 Å². The van der Waals surface area contributed by atoms with Gasteiger partial charge in [-0.05, 0) is 12.1 Å². The minimum atomic E-state index is 0.0109. The molecule has 0 bridgehead atoms. The SMILES string of the molecule is COc1ccccc1CN(Cc1ccccc1OC)C(=N)N. The second kappa shape index (κ2) is 7.36. The summed E-state index contributed by atoms with van der Waals surface area (Å²) in [7, 11) is 3.27. The highest BCUT2D eigenvalue weighted by Crippen LogP contribution is 2.23. The molecule has 0 radical (unpaired) electrons. The van der Waals surface area contributed by atoms with E-state index in [0.717, 1.165) is 22.6 Å². The molecule has 2 rings (SSSR count). The lowest BCUT2D eigenvalue weighted by molar-refractivity contribution is 0.358. The second-order valence-electron chi connectivity index (χ2n) is 4.86. The number of benzene rings is 2. The molecule has 2 aromatic carbocycles. The maximum absolute atomic E-state index is 7.83. The summed E-state index contributed by atoms with van der Waals surface area (Å²) in [5.41, 5.74) is 7.71. The molecule has 0 aliphatic heterocycles. The van der Waals surface area contributed by atoms with E-state index < -0.39 is 0 Å². The highest BCUT2D eigenvalue weighted by Gasteiger charge is 2.13. The molecule has 0 unspecified atom stereocenters. The first-order chi connectivity index (χ1) is 10.7. The fraction of sp³-hybridized carbons (Fsp3) is 0.235. The van der Waals surface area contributed by atoms with Crippen molar-refractivity contribution < 1.29 is 9.47 Å². The first-order valence-corrected chi connectivity index (χ1v) is 6.98. The molecule has 0 amide bonds. The highest BCUT2D eigenvalue weighted by molar-refractivity contribution is 5.74. The molecule has 2 aromatic rings. The summed E-state index contributed by atoms with van der Waals surface area (Å²) in [4.78, 5) is 1.77. The third-order valence-corrected chi connectivity index (χ3v) is 3.45. The Kier molecular flexibility index (Phi) is 5.25. The van der Waals surface area contributed by atoms with Gasteiger partial charge in [-0.25, -0.2) is 0 Å². The first kappa shape index (κ1) is 15.7. The average Bonchev–Trinajstić information content (AvgIpc) is 2.55. The normalized spacial score (nSPS) is 10.1. The standard InChI is InChI=1S/C17H21N3O2/c1-21-15-9-5-3-7-13(15)11-20(17(18)19)12-14-8-4-6-10-16(14)22-2/h3-10H,11-12H2,1-2H3,(H3,18,19). The fourth-order valence-corrected chi connectivity index (χ4v) is 2.30. The quantitative estimate of drug-likeness (QED) is 0.635. The van der Waals surface area contributed by atoms with E-state index in [1.54, 1.807) is 19.1 Å². The van der Waals surface area contributed by atoms with Crippen molar-refractivity contribution in [2.45, 2.75) is 13.1 Å². The summed E-state index contributed by atoms with van der Waals surface area (Å²) in [6, 6.07) is 15.5. The van der Waals surface area contributed by atoms with Crippen LogP contribution in [0.3, 0.4) is 0 Å². The van der Waals surface area contributed by atoms with Crippen LogP contribution in [0.2, 0.25) is 0 Å². The van der Waals surface area contributed by atoms with Crippen LogP contribution in [0.25, 0.3) is 0 Å². The number of para-hydroxylation sites is 2. The van der Waals surface area contributed by atoms with Gasteiger partial charge in [-0.15, -0.1) is 0 Å². The average molecular weight is 299 g/mol. The van der Waals surface area contributed by atoms with Crippen molar-refractivity contribution in [2.75, 3.05) is 14.2 Å². The van der Waals surface area contributed by atoms with Gasteiger partial charge in [0.15, 0.2) is 5.96 Å². The van der Waals surface area contributed by atoms with Gasteiger partial charge in [-0.3, -0.25) is 5.41 Å². The van der Waals surface area contributed by atoms with Gasteiger partial charge < -0.3 is 20.1 Å². The van der Waals surface area contributed by atoms with Gasteiger partial charge in [0.1, 0.15) is 11.5 Å². The van der Waals surface area contributed by atoms with Crippen LogP contribution in [0.15, 0.2) is 48.5 Å². The molecular weight excluding hydrogens is 278 g/mol. The van der Waals surface area contributed by atoms with Crippen LogP contribution < -0.4 is 15.2 Å². The molecule has 0 aliphatic rings. The van der Waals surface area contributed by atoms with Crippen molar-refractivity contribution in [1.29, 1.82) is 5.41 Å². The topological polar surface area (TPSA) is 71.6 Å². The first-order valence-electron chi connectivity index (χ1n) is 6.98. The molecule has 0 saturated heterocycles. The van der Waals surface area contributed by atoms with Crippen molar-refractivity contribution >= 4 is 5.96 Å². The van der Waals surface area contributed by atoms with Crippen LogP contribution >= 0.6 is 0 Å². The van der Waals surface area contributed by atoms with Gasteiger partial charge in [0.2, 0.25) is 0 Å². The van der Waals surface area contributed by atoms with Crippen LogP contribution in [0, 0.1) is 5.41 Å². The number of methoxy groups -OCH3 is 2. The Hall–Kier alpha value is -2.69. The van der Waals surface area contributed by atoms with Crippen LogP contribution in [0.5, 0.6) is 11.5 Å². The Morgan fingerprint density at radius 3 is 1.68 bits per heavy atom. The number of hydrogen-bond acceptors (Lipinski definition) is 3. The number of rotatable bonds is 6. The molecule has 3 N–H and O–H groups in total. The Labute approximate surface area is 130 Å². The van der Waals surface area contributed by atoms with E-state index >= 15 is 0 Å². The van der Waals surface area contributed by atoms with Crippen LogP contribution in [0.4, 0.5) is 0 Å². The summed E-state index contributed by atoms with van der Waals surface area (Å²) in [6.07, 6.45) is 0. The van der Waals surface area contributed by atoms with Crippen LogP contribution in [-0.2, 0) is 13.1 Å². The number of nitrogens with zero attached hydrogens (tertiary/aromatic N) is 1. The molecule has 5 heteroatoms. The highest BCUT2D eigenvalue weighted by atomic mass is 16.5. The molecule has 22 heavy (non-hydrogen) atoms. The number of nitrogens with one attached hydrogen (secondary N) is 1. The van der Waals surface area contributed by atoms with Crippen LogP contribution in [0.1, 0.15) is 11.1 Å². The Balaban J connectivity index is 2.22. The Morgan fingerprint density at radius 2 is 1.32 bits per heavy atom. The number of hydrogen-bond donors (Lipinski definition) is 2. The Bertz CT molecular complexity index is 594. The maximum Gasteiger partial charge on any atom is 0.188 e. The van der Waals surface area contributed by atoms with Crippen molar-refractivity contribution in [1.82, 2.24) is 4.90 Å². The molecule has 0 saturated carbocycles. The molecule has 0 fully saturated rings. The van der Waals surface area contributed by atoms with E-state index in [0.29, 0.717) is 13.1 Å². The zero-order valence-corrected chi connectivity index (χ0v) is 12.9. The predicted octanol–water partition coefficient (Wildman–Crippen LogP) is 2.60. The van der Waals surface area contributed by atoms with E-state index in [4.69, 9.17) is 20.6 Å². The molecule has 0 atom stereocenters. The third-order valence-electron chi connectivity index (χ3n) is 3.45. The fourth-order valence-electron chi connectivity index (χ4n) is 2.30. The number of nitrogens with two attached hydrogens (primary N) is 1. The maximum atomic E-state index is 7.83. The summed E-state index contributed by atoms with van der Waals surface area (Å²) in [6.45, 7) is 0.995. The third kappa shape index (κ3) is 3.69. The van der Waals surface area contributed by atoms with E-state index in [9.17, 15) is 0 Å². The summed E-state index contributed by atoms with van der Waals surface area (Å²) >= 11 is 0. The molecule has 0 aromatic heterocycles. The lowest BCUT2D eigenvalue weighted by Gasteiger charge is -2.24. The van der Waals surface area contributed by atoms with Gasteiger partial charge in [-0.1, -0.05) is 36.4 Å². The molecule has 116 valence electrons. The summed E-state index contributed by atoms with van der Waals surface area (Å²) < 4.78 is 10.7. The molecule has 0 heterocycles. The molecule has 0 aliphatic carbocycles. The van der Waals surface area contributed by atoms with E-state index in [1.165, 1.54) is 0 Å². The molecule has 0 spiro atoms. The smallest absolute Gasteiger partial charge is 0.188 e. The minimum Gasteiger partial charge on any atom is -0.496 e. The lowest BCUT2D eigenvalue weighted by atomic mass is 10.1. The van der Waals surface area contributed by atoms with E-state index in [2.05, 4.69) is 0 Å². The van der Waals surface area contributed by atoms with Gasteiger partial charge in [0.25, 0.3) is 0 Å². The molecule has 5 nitrogen and oxygen atoms in total. The Morgan fingerprint density at radius 1 is 0.909 bits per heavy atom. The van der Waals surface area contributed by atoms with Gasteiger partial charge >= 0.3 is 0 Å². The van der Waals surface area contributed by atoms with Crippen molar-refractivity contribution in [3.05, 3.63) is 59.7 Å². The number of ether oxygens (including phenoxy) is 2. The molecular formula is C17H21N3O2. The van der Waals surface area contributed by atoms with Crippen molar-refractivity contribution in [3.63, 3.8) is 0 Å². The zero-order chi connectivity index (χ0) is 15.9. The largest absolute Gasteiger partial charge is 0.496 e. The van der Waals surface area contributed by atoms with Crippen molar-refractivity contribution in [2.24, 2.45) is 5.73 Å². The van der Waals surface area contributed by atoms with Gasteiger partial charge in [-0.2, -0.15) is 0 Å². The summed E-state index contributed by atoms with van der Waals surface area (Å²) in [5.74, 6) is 1.58. The predicted molar refractivity (Wildman–Crippen MR) is 87.1 cm³/mol. The van der Waals surface area contributed by atoms with Crippen molar-refractivity contribution in [3.8, 4) is 11.5 Å². The lowest BCUT2D eigenvalue weighted by Crippen LogP contribution is -2.35. The van der Waals surface area contributed by atoms with Gasteiger partial charge in [0, 0.05) is 24.2 Å². The monoisotopic (exact) mass is 299 g/mol. The minimum absolute atomic E-state index is 0.0109. The summed E-state index contributed by atoms with van der Waals surface area (Å²) in [5, 5.41) is 7.83. The number of guanidine groups is 1. The zero-order valence-electron chi connectivity index (χ0n) is 12.9. The second-order valence-corrected chi connectivity index (χ2v) is 4.86. The van der Waals surface area contributed by atoms with Gasteiger partial charge in [0.05, 0.1) is 14.2 Å². The van der Waals surface area contributed by atoms with E-state index in [-0.39, 0.29) is 5.96 Å².